The van der Waals surface area contributed by atoms with Crippen LogP contribution in [-0.2, 0) is 4.79 Å². The van der Waals surface area contributed by atoms with E-state index in [9.17, 15) is 4.79 Å². The second-order valence-corrected chi connectivity index (χ2v) is 4.89. The summed E-state index contributed by atoms with van der Waals surface area (Å²) in [5.41, 5.74) is 1.97. The molecule has 0 spiro atoms. The van der Waals surface area contributed by atoms with Gasteiger partial charge in [-0.15, -0.1) is 0 Å². The molecule has 0 radical (unpaired) electrons. The highest BCUT2D eigenvalue weighted by Crippen LogP contribution is 2.17. The van der Waals surface area contributed by atoms with Crippen LogP contribution in [0.15, 0.2) is 24.3 Å². The first-order valence-corrected chi connectivity index (χ1v) is 6.09. The summed E-state index contributed by atoms with van der Waals surface area (Å²) in [4.78, 5) is 11.4. The molecule has 0 aromatic heterocycles. The third kappa shape index (κ3) is 5.05. The zero-order valence-electron chi connectivity index (χ0n) is 10.5. The number of nitrogens with one attached hydrogen (secondary N) is 1. The van der Waals surface area contributed by atoms with Crippen molar-refractivity contribution in [3.8, 4) is 0 Å². The Labute approximate surface area is 108 Å². The van der Waals surface area contributed by atoms with Gasteiger partial charge in [0, 0.05) is 17.6 Å². The van der Waals surface area contributed by atoms with Crippen LogP contribution in [0, 0.1) is 12.8 Å². The third-order valence-corrected chi connectivity index (χ3v) is 2.71. The summed E-state index contributed by atoms with van der Waals surface area (Å²) < 4.78 is 0. The summed E-state index contributed by atoms with van der Waals surface area (Å²) >= 11 is 6.00. The number of carbonyl (C=O) groups is 1. The van der Waals surface area contributed by atoms with Gasteiger partial charge in [0.15, 0.2) is 0 Å². The van der Waals surface area contributed by atoms with E-state index in [-0.39, 0.29) is 5.91 Å². The number of amides is 1. The summed E-state index contributed by atoms with van der Waals surface area (Å²) in [7, 11) is 0. The topological polar surface area (TPSA) is 29.1 Å². The minimum Gasteiger partial charge on any atom is -0.352 e. The Hall–Kier alpha value is -1.28. The highest BCUT2D eigenvalue weighted by atomic mass is 35.5. The zero-order valence-corrected chi connectivity index (χ0v) is 11.2. The van der Waals surface area contributed by atoms with E-state index in [1.54, 1.807) is 6.08 Å². The first-order chi connectivity index (χ1) is 7.99. The van der Waals surface area contributed by atoms with Crippen LogP contribution < -0.4 is 5.32 Å². The average Bonchev–Trinajstić information content (AvgIpc) is 2.28. The summed E-state index contributed by atoms with van der Waals surface area (Å²) in [6, 6.07) is 5.73. The molecule has 0 atom stereocenters. The molecule has 1 aromatic carbocycles. The lowest BCUT2D eigenvalue weighted by atomic mass is 10.1. The Bertz CT molecular complexity index is 424. The van der Waals surface area contributed by atoms with Crippen LogP contribution in [-0.4, -0.2) is 12.5 Å². The molecule has 1 aromatic rings. The molecule has 1 amide bonds. The number of hydrogen-bond donors (Lipinski definition) is 1. The predicted molar refractivity (Wildman–Crippen MR) is 73.1 cm³/mol. The summed E-state index contributed by atoms with van der Waals surface area (Å²) in [5, 5.41) is 3.54. The second-order valence-electron chi connectivity index (χ2n) is 4.48. The summed E-state index contributed by atoms with van der Waals surface area (Å²) in [5.74, 6) is 0.386. The van der Waals surface area contributed by atoms with Crippen LogP contribution in [0.25, 0.3) is 6.08 Å². The van der Waals surface area contributed by atoms with Crippen LogP contribution in [0.1, 0.15) is 25.0 Å². The van der Waals surface area contributed by atoms with Crippen LogP contribution in [0.2, 0.25) is 5.02 Å². The van der Waals surface area contributed by atoms with E-state index in [0.717, 1.165) is 16.1 Å². The van der Waals surface area contributed by atoms with Gasteiger partial charge in [0.2, 0.25) is 5.91 Å². The van der Waals surface area contributed by atoms with E-state index in [0.29, 0.717) is 12.5 Å². The van der Waals surface area contributed by atoms with Gasteiger partial charge in [-0.25, -0.2) is 0 Å². The van der Waals surface area contributed by atoms with Gasteiger partial charge >= 0.3 is 0 Å². The van der Waals surface area contributed by atoms with Crippen molar-refractivity contribution >= 4 is 23.6 Å². The highest BCUT2D eigenvalue weighted by Gasteiger charge is 1.98. The summed E-state index contributed by atoms with van der Waals surface area (Å²) in [6.45, 7) is 6.76. The fraction of sp³-hybridized carbons (Fsp3) is 0.357. The molecule has 1 N–H and O–H groups in total. The molecule has 0 aliphatic carbocycles. The maximum atomic E-state index is 11.4. The fourth-order valence-electron chi connectivity index (χ4n) is 1.25. The van der Waals surface area contributed by atoms with Crippen molar-refractivity contribution in [1.29, 1.82) is 0 Å². The van der Waals surface area contributed by atoms with Crippen LogP contribution in [0.3, 0.4) is 0 Å². The molecule has 0 fully saturated rings. The van der Waals surface area contributed by atoms with Crippen LogP contribution in [0.5, 0.6) is 0 Å². The van der Waals surface area contributed by atoms with Gasteiger partial charge in [0.25, 0.3) is 0 Å². The van der Waals surface area contributed by atoms with Gasteiger partial charge in [-0.2, -0.15) is 0 Å². The molecular formula is C14H18ClNO. The van der Waals surface area contributed by atoms with Crippen LogP contribution in [0.4, 0.5) is 0 Å². The van der Waals surface area contributed by atoms with E-state index in [1.807, 2.05) is 25.1 Å². The highest BCUT2D eigenvalue weighted by molar-refractivity contribution is 6.31. The van der Waals surface area contributed by atoms with E-state index in [2.05, 4.69) is 19.2 Å². The minimum atomic E-state index is -0.0737. The normalized spacial score (nSPS) is 11.1. The minimum absolute atomic E-state index is 0.0737. The van der Waals surface area contributed by atoms with Crippen molar-refractivity contribution in [2.45, 2.75) is 20.8 Å². The number of halogens is 1. The SMILES string of the molecule is Cc1ccc(C=CC(=O)NCC(C)C)cc1Cl. The molecule has 17 heavy (non-hydrogen) atoms. The largest absolute Gasteiger partial charge is 0.352 e. The molecule has 92 valence electrons. The van der Waals surface area contributed by atoms with Crippen molar-refractivity contribution < 1.29 is 4.79 Å². The van der Waals surface area contributed by atoms with E-state index in [1.165, 1.54) is 6.08 Å². The van der Waals surface area contributed by atoms with E-state index < -0.39 is 0 Å². The lowest BCUT2D eigenvalue weighted by Gasteiger charge is -2.04. The van der Waals surface area contributed by atoms with Crippen molar-refractivity contribution in [3.05, 3.63) is 40.4 Å². The van der Waals surface area contributed by atoms with Gasteiger partial charge in [-0.1, -0.05) is 37.6 Å². The quantitative estimate of drug-likeness (QED) is 0.817. The lowest BCUT2D eigenvalue weighted by Crippen LogP contribution is -2.25. The molecule has 0 saturated carbocycles. The Balaban J connectivity index is 2.58. The number of carbonyl (C=O) groups excluding carboxylic acids is 1. The molecule has 0 unspecified atom stereocenters. The molecule has 1 rings (SSSR count). The maximum Gasteiger partial charge on any atom is 0.244 e. The molecule has 0 bridgehead atoms. The number of rotatable bonds is 4. The van der Waals surface area contributed by atoms with Gasteiger partial charge in [0.1, 0.15) is 0 Å². The van der Waals surface area contributed by atoms with Gasteiger partial charge in [0.05, 0.1) is 0 Å². The maximum absolute atomic E-state index is 11.4. The zero-order chi connectivity index (χ0) is 12.8. The monoisotopic (exact) mass is 251 g/mol. The molecule has 0 heterocycles. The molecule has 2 nitrogen and oxygen atoms in total. The first-order valence-electron chi connectivity index (χ1n) is 5.71. The van der Waals surface area contributed by atoms with E-state index >= 15 is 0 Å². The Morgan fingerprint density at radius 1 is 1.47 bits per heavy atom. The smallest absolute Gasteiger partial charge is 0.244 e. The fourth-order valence-corrected chi connectivity index (χ4v) is 1.44. The molecule has 0 saturated heterocycles. The Morgan fingerprint density at radius 3 is 2.76 bits per heavy atom. The van der Waals surface area contributed by atoms with Crippen molar-refractivity contribution in [2.75, 3.05) is 6.54 Å². The standard InChI is InChI=1S/C14H18ClNO/c1-10(2)9-16-14(17)7-6-12-5-4-11(3)13(15)8-12/h4-8,10H,9H2,1-3H3,(H,16,17). The first kappa shape index (κ1) is 13.8. The Morgan fingerprint density at radius 2 is 2.18 bits per heavy atom. The molecule has 3 heteroatoms. The molecule has 0 aliphatic heterocycles. The van der Waals surface area contributed by atoms with Gasteiger partial charge < -0.3 is 5.32 Å². The second kappa shape index (κ2) is 6.45. The van der Waals surface area contributed by atoms with Crippen molar-refractivity contribution in [3.63, 3.8) is 0 Å². The van der Waals surface area contributed by atoms with Crippen molar-refractivity contribution in [2.24, 2.45) is 5.92 Å². The number of aryl methyl sites for hydroxylation is 1. The average molecular weight is 252 g/mol. The molecule has 0 aliphatic rings. The number of hydrogen-bond acceptors (Lipinski definition) is 1. The van der Waals surface area contributed by atoms with Gasteiger partial charge in [-0.05, 0) is 36.1 Å². The Kier molecular flexibility index (Phi) is 5.23. The van der Waals surface area contributed by atoms with Crippen LogP contribution >= 0.6 is 11.6 Å². The predicted octanol–water partition coefficient (Wildman–Crippen LogP) is 3.43. The van der Waals surface area contributed by atoms with Crippen molar-refractivity contribution in [1.82, 2.24) is 5.32 Å². The molecular weight excluding hydrogens is 234 g/mol. The third-order valence-electron chi connectivity index (χ3n) is 2.31. The van der Waals surface area contributed by atoms with Gasteiger partial charge in [-0.3, -0.25) is 4.79 Å². The lowest BCUT2D eigenvalue weighted by molar-refractivity contribution is -0.116. The summed E-state index contributed by atoms with van der Waals surface area (Å²) in [6.07, 6.45) is 3.30. The number of benzene rings is 1. The van der Waals surface area contributed by atoms with E-state index in [4.69, 9.17) is 11.6 Å².